The monoisotopic (exact) mass is 311 g/mol. The highest BCUT2D eigenvalue weighted by Crippen LogP contribution is 2.27. The summed E-state index contributed by atoms with van der Waals surface area (Å²) in [5.74, 6) is 0.637. The van der Waals surface area contributed by atoms with Gasteiger partial charge in [0.25, 0.3) is 5.91 Å². The number of aliphatic hydroxyl groups excluding tert-OH is 1. The molecule has 1 saturated carbocycles. The van der Waals surface area contributed by atoms with Crippen molar-refractivity contribution in [3.63, 3.8) is 0 Å². The summed E-state index contributed by atoms with van der Waals surface area (Å²) in [4.78, 5) is 20.5. The molecular formula is C15H22ClN3O2. The fourth-order valence-electron chi connectivity index (χ4n) is 2.61. The van der Waals surface area contributed by atoms with Crippen molar-refractivity contribution in [3.05, 3.63) is 22.7 Å². The first kappa shape index (κ1) is 16.2. The molecule has 5 nitrogen and oxygen atoms in total. The summed E-state index contributed by atoms with van der Waals surface area (Å²) in [6.07, 6.45) is 5.33. The van der Waals surface area contributed by atoms with Crippen molar-refractivity contribution in [2.45, 2.75) is 51.6 Å². The first-order valence-electron chi connectivity index (χ1n) is 7.47. The predicted octanol–water partition coefficient (Wildman–Crippen LogP) is 2.53. The van der Waals surface area contributed by atoms with Crippen LogP contribution >= 0.6 is 11.6 Å². The molecule has 0 bridgehead atoms. The lowest BCUT2D eigenvalue weighted by atomic mass is 10.0. The van der Waals surface area contributed by atoms with Crippen molar-refractivity contribution in [3.8, 4) is 0 Å². The van der Waals surface area contributed by atoms with Gasteiger partial charge in [0, 0.05) is 12.5 Å². The number of hydrogen-bond donors (Lipinski definition) is 2. The first-order valence-corrected chi connectivity index (χ1v) is 7.85. The van der Waals surface area contributed by atoms with Crippen molar-refractivity contribution >= 4 is 17.5 Å². The van der Waals surface area contributed by atoms with Crippen LogP contribution < -0.4 is 5.32 Å². The van der Waals surface area contributed by atoms with Crippen molar-refractivity contribution < 1.29 is 9.90 Å². The van der Waals surface area contributed by atoms with E-state index in [-0.39, 0.29) is 35.0 Å². The van der Waals surface area contributed by atoms with Gasteiger partial charge in [-0.15, -0.1) is 0 Å². The molecule has 0 aliphatic heterocycles. The fraction of sp³-hybridized carbons (Fsp3) is 0.667. The Labute approximate surface area is 130 Å². The van der Waals surface area contributed by atoms with Gasteiger partial charge in [-0.2, -0.15) is 0 Å². The van der Waals surface area contributed by atoms with Gasteiger partial charge in [0.1, 0.15) is 11.5 Å². The molecule has 1 aromatic heterocycles. The molecule has 2 rings (SSSR count). The van der Waals surface area contributed by atoms with E-state index in [2.05, 4.69) is 15.3 Å². The van der Waals surface area contributed by atoms with E-state index >= 15 is 0 Å². The Bertz CT molecular complexity index is 502. The maximum atomic E-state index is 12.2. The Morgan fingerprint density at radius 1 is 1.48 bits per heavy atom. The minimum Gasteiger partial charge on any atom is -0.391 e. The molecule has 1 atom stereocenters. The first-order chi connectivity index (χ1) is 9.99. The number of amides is 1. The highest BCUT2D eigenvalue weighted by molar-refractivity contribution is 6.33. The summed E-state index contributed by atoms with van der Waals surface area (Å²) in [6, 6.07) is 0. The lowest BCUT2D eigenvalue weighted by Crippen LogP contribution is -2.36. The van der Waals surface area contributed by atoms with E-state index in [0.29, 0.717) is 5.82 Å². The number of hydrogen-bond acceptors (Lipinski definition) is 4. The quantitative estimate of drug-likeness (QED) is 0.876. The minimum absolute atomic E-state index is 0.123. The lowest BCUT2D eigenvalue weighted by molar-refractivity contribution is 0.0836. The topological polar surface area (TPSA) is 75.1 Å². The number of aromatic nitrogens is 2. The number of rotatable bonds is 5. The minimum atomic E-state index is -0.498. The molecule has 116 valence electrons. The van der Waals surface area contributed by atoms with Crippen LogP contribution in [0.15, 0.2) is 6.20 Å². The van der Waals surface area contributed by atoms with E-state index < -0.39 is 6.10 Å². The molecule has 1 fully saturated rings. The fourth-order valence-corrected chi connectivity index (χ4v) is 2.78. The molecule has 1 heterocycles. The highest BCUT2D eigenvalue weighted by Gasteiger charge is 2.24. The van der Waals surface area contributed by atoms with E-state index in [9.17, 15) is 9.90 Å². The molecule has 6 heteroatoms. The predicted molar refractivity (Wildman–Crippen MR) is 81.4 cm³/mol. The number of halogens is 1. The van der Waals surface area contributed by atoms with Crippen LogP contribution in [-0.4, -0.2) is 33.6 Å². The molecule has 1 aliphatic rings. The van der Waals surface area contributed by atoms with Crippen molar-refractivity contribution in [1.82, 2.24) is 15.3 Å². The van der Waals surface area contributed by atoms with E-state index in [0.717, 1.165) is 25.7 Å². The van der Waals surface area contributed by atoms with Gasteiger partial charge in [0.15, 0.2) is 0 Å². The highest BCUT2D eigenvalue weighted by atomic mass is 35.5. The molecule has 0 saturated heterocycles. The third kappa shape index (κ3) is 4.14. The number of nitrogens with one attached hydrogen (secondary N) is 1. The Hall–Kier alpha value is -1.20. The normalized spacial score (nSPS) is 17.2. The summed E-state index contributed by atoms with van der Waals surface area (Å²) in [6.45, 7) is 4.14. The van der Waals surface area contributed by atoms with Crippen LogP contribution in [0.25, 0.3) is 0 Å². The SMILES string of the molecule is CC(C)c1ncc(Cl)c(C(=O)NCC(O)C2CCCC2)n1. The number of aliphatic hydroxyl groups is 1. The van der Waals surface area contributed by atoms with Crippen LogP contribution in [0.2, 0.25) is 5.02 Å². The Morgan fingerprint density at radius 3 is 2.76 bits per heavy atom. The van der Waals surface area contributed by atoms with Crippen LogP contribution in [0.3, 0.4) is 0 Å². The molecule has 0 radical (unpaired) electrons. The molecule has 1 aromatic rings. The van der Waals surface area contributed by atoms with Gasteiger partial charge in [-0.05, 0) is 18.8 Å². The zero-order valence-electron chi connectivity index (χ0n) is 12.5. The van der Waals surface area contributed by atoms with Crippen LogP contribution in [0.4, 0.5) is 0 Å². The summed E-state index contributed by atoms with van der Waals surface area (Å²) in [7, 11) is 0. The third-order valence-electron chi connectivity index (χ3n) is 3.91. The van der Waals surface area contributed by atoms with Gasteiger partial charge in [0.2, 0.25) is 0 Å². The largest absolute Gasteiger partial charge is 0.391 e. The smallest absolute Gasteiger partial charge is 0.271 e. The van der Waals surface area contributed by atoms with Gasteiger partial charge in [-0.3, -0.25) is 4.79 Å². The van der Waals surface area contributed by atoms with Gasteiger partial charge < -0.3 is 10.4 Å². The average Bonchev–Trinajstić information content (AvgIpc) is 2.98. The molecule has 1 amide bonds. The molecular weight excluding hydrogens is 290 g/mol. The summed E-state index contributed by atoms with van der Waals surface area (Å²) >= 11 is 5.99. The van der Waals surface area contributed by atoms with E-state index in [4.69, 9.17) is 11.6 Å². The maximum Gasteiger partial charge on any atom is 0.271 e. The molecule has 1 aliphatic carbocycles. The Balaban J connectivity index is 1.97. The second-order valence-corrected chi connectivity index (χ2v) is 6.31. The molecule has 0 spiro atoms. The van der Waals surface area contributed by atoms with Gasteiger partial charge >= 0.3 is 0 Å². The number of nitrogens with zero attached hydrogens (tertiary/aromatic N) is 2. The average molecular weight is 312 g/mol. The zero-order chi connectivity index (χ0) is 15.4. The van der Waals surface area contributed by atoms with Crippen LogP contribution in [0, 0.1) is 5.92 Å². The summed E-state index contributed by atoms with van der Waals surface area (Å²) in [5.41, 5.74) is 0.175. The zero-order valence-corrected chi connectivity index (χ0v) is 13.2. The molecule has 2 N–H and O–H groups in total. The van der Waals surface area contributed by atoms with Gasteiger partial charge in [-0.1, -0.05) is 38.3 Å². The summed E-state index contributed by atoms with van der Waals surface area (Å²) < 4.78 is 0. The van der Waals surface area contributed by atoms with E-state index in [1.165, 1.54) is 6.20 Å². The van der Waals surface area contributed by atoms with Crippen molar-refractivity contribution in [1.29, 1.82) is 0 Å². The maximum absolute atomic E-state index is 12.2. The second-order valence-electron chi connectivity index (χ2n) is 5.90. The summed E-state index contributed by atoms with van der Waals surface area (Å²) in [5, 5.41) is 13.0. The Morgan fingerprint density at radius 2 is 2.14 bits per heavy atom. The lowest BCUT2D eigenvalue weighted by Gasteiger charge is -2.18. The Kier molecular flexibility index (Phi) is 5.53. The second kappa shape index (κ2) is 7.18. The van der Waals surface area contributed by atoms with Crippen LogP contribution in [-0.2, 0) is 0 Å². The van der Waals surface area contributed by atoms with E-state index in [1.54, 1.807) is 0 Å². The van der Waals surface area contributed by atoms with Crippen LogP contribution in [0.5, 0.6) is 0 Å². The third-order valence-corrected chi connectivity index (χ3v) is 4.19. The van der Waals surface area contributed by atoms with Crippen molar-refractivity contribution in [2.24, 2.45) is 5.92 Å². The number of carbonyl (C=O) groups excluding carboxylic acids is 1. The molecule has 0 aromatic carbocycles. The van der Waals surface area contributed by atoms with E-state index in [1.807, 2.05) is 13.8 Å². The van der Waals surface area contributed by atoms with Gasteiger partial charge in [-0.25, -0.2) is 9.97 Å². The number of carbonyl (C=O) groups is 1. The van der Waals surface area contributed by atoms with Crippen molar-refractivity contribution in [2.75, 3.05) is 6.54 Å². The standard InChI is InChI=1S/C15H22ClN3O2/c1-9(2)14-17-7-11(16)13(19-14)15(21)18-8-12(20)10-5-3-4-6-10/h7,9-10,12,20H,3-6,8H2,1-2H3,(H,18,21). The molecule has 21 heavy (non-hydrogen) atoms. The molecule has 1 unspecified atom stereocenters. The van der Waals surface area contributed by atoms with Gasteiger partial charge in [0.05, 0.1) is 17.3 Å². The van der Waals surface area contributed by atoms with Crippen LogP contribution in [0.1, 0.15) is 61.8 Å².